The quantitative estimate of drug-likeness (QED) is 0.720. The molecule has 1 aliphatic rings. The van der Waals surface area contributed by atoms with Gasteiger partial charge < -0.3 is 5.32 Å². The molecule has 1 aromatic rings. The molecular formula is C12H16FN. The second kappa shape index (κ2) is 3.99. The number of hydrogen-bond acceptors (Lipinski definition) is 1. The lowest BCUT2D eigenvalue weighted by molar-refractivity contribution is 0.372. The Balaban J connectivity index is 2.42. The van der Waals surface area contributed by atoms with E-state index < -0.39 is 6.17 Å². The molecule has 0 saturated carbocycles. The van der Waals surface area contributed by atoms with E-state index in [0.717, 1.165) is 30.6 Å². The first-order valence-electron chi connectivity index (χ1n) is 5.29. The predicted molar refractivity (Wildman–Crippen MR) is 57.4 cm³/mol. The molecular weight excluding hydrogens is 177 g/mol. The summed E-state index contributed by atoms with van der Waals surface area (Å²) in [5.74, 6) is 0. The number of benzene rings is 1. The first-order valence-corrected chi connectivity index (χ1v) is 5.29. The van der Waals surface area contributed by atoms with Gasteiger partial charge in [-0.15, -0.1) is 0 Å². The molecule has 1 nitrogen and oxygen atoms in total. The first kappa shape index (κ1) is 9.50. The minimum atomic E-state index is -0.857. The molecule has 0 bridgehead atoms. The minimum absolute atomic E-state index is 0.857. The monoisotopic (exact) mass is 193 g/mol. The van der Waals surface area contributed by atoms with Crippen LogP contribution in [-0.4, -0.2) is 6.54 Å². The Kier molecular flexibility index (Phi) is 2.71. The number of hydrogen-bond donors (Lipinski definition) is 1. The van der Waals surface area contributed by atoms with Crippen molar-refractivity contribution in [1.82, 2.24) is 0 Å². The normalized spacial score (nSPS) is 17.9. The van der Waals surface area contributed by atoms with Crippen LogP contribution in [0, 0.1) is 0 Å². The van der Waals surface area contributed by atoms with Crippen LogP contribution in [0.2, 0.25) is 0 Å². The third-order valence-corrected chi connectivity index (χ3v) is 2.81. The molecule has 2 rings (SSSR count). The summed E-state index contributed by atoms with van der Waals surface area (Å²) in [7, 11) is 0. The number of rotatable bonds is 1. The van der Waals surface area contributed by atoms with Gasteiger partial charge >= 0.3 is 0 Å². The van der Waals surface area contributed by atoms with E-state index in [2.05, 4.69) is 5.32 Å². The highest BCUT2D eigenvalue weighted by Gasteiger charge is 2.14. The van der Waals surface area contributed by atoms with E-state index in [4.69, 9.17) is 0 Å². The van der Waals surface area contributed by atoms with Crippen LogP contribution >= 0.6 is 0 Å². The van der Waals surface area contributed by atoms with Crippen molar-refractivity contribution in [3.63, 3.8) is 0 Å². The molecule has 1 atom stereocenters. The van der Waals surface area contributed by atoms with Crippen molar-refractivity contribution in [2.24, 2.45) is 0 Å². The van der Waals surface area contributed by atoms with Gasteiger partial charge in [0.05, 0.1) is 0 Å². The molecule has 2 heteroatoms. The van der Waals surface area contributed by atoms with E-state index in [1.807, 2.05) is 18.2 Å². The number of halogens is 1. The fourth-order valence-electron chi connectivity index (χ4n) is 2.07. The van der Waals surface area contributed by atoms with Crippen LogP contribution in [0.1, 0.15) is 37.1 Å². The highest BCUT2D eigenvalue weighted by Crippen LogP contribution is 2.30. The van der Waals surface area contributed by atoms with Crippen LogP contribution in [0.3, 0.4) is 0 Å². The van der Waals surface area contributed by atoms with Gasteiger partial charge in [0.15, 0.2) is 0 Å². The molecule has 0 saturated heterocycles. The summed E-state index contributed by atoms with van der Waals surface area (Å²) < 4.78 is 13.3. The predicted octanol–water partition coefficient (Wildman–Crippen LogP) is 3.47. The summed E-state index contributed by atoms with van der Waals surface area (Å²) >= 11 is 0. The smallest absolute Gasteiger partial charge is 0.123 e. The zero-order valence-corrected chi connectivity index (χ0v) is 8.52. The molecule has 0 spiro atoms. The van der Waals surface area contributed by atoms with Gasteiger partial charge in [-0.3, -0.25) is 0 Å². The Hall–Kier alpha value is -1.05. The van der Waals surface area contributed by atoms with Crippen LogP contribution in [0.4, 0.5) is 10.1 Å². The van der Waals surface area contributed by atoms with Gasteiger partial charge in [-0.1, -0.05) is 12.1 Å². The highest BCUT2D eigenvalue weighted by atomic mass is 19.1. The van der Waals surface area contributed by atoms with E-state index in [9.17, 15) is 4.39 Å². The lowest BCUT2D eigenvalue weighted by Crippen LogP contribution is -2.01. The third kappa shape index (κ3) is 1.74. The van der Waals surface area contributed by atoms with Crippen LogP contribution in [-0.2, 0) is 6.42 Å². The molecule has 1 aliphatic heterocycles. The lowest BCUT2D eigenvalue weighted by atomic mass is 9.98. The van der Waals surface area contributed by atoms with E-state index in [0.29, 0.717) is 0 Å². The zero-order chi connectivity index (χ0) is 9.97. The van der Waals surface area contributed by atoms with Crippen LogP contribution in [0.15, 0.2) is 18.2 Å². The van der Waals surface area contributed by atoms with Crippen molar-refractivity contribution in [3.05, 3.63) is 29.3 Å². The molecule has 1 unspecified atom stereocenters. The van der Waals surface area contributed by atoms with Gasteiger partial charge in [0.1, 0.15) is 6.17 Å². The number of fused-ring (bicyclic) bond motifs is 1. The highest BCUT2D eigenvalue weighted by molar-refractivity contribution is 5.56. The lowest BCUT2D eigenvalue weighted by Gasteiger charge is -2.13. The number of nitrogens with one attached hydrogen (secondary N) is 1. The fraction of sp³-hybridized carbons (Fsp3) is 0.500. The maximum absolute atomic E-state index is 13.3. The van der Waals surface area contributed by atoms with Crippen LogP contribution in [0.5, 0.6) is 0 Å². The van der Waals surface area contributed by atoms with Crippen molar-refractivity contribution in [1.29, 1.82) is 0 Å². The fourth-order valence-corrected chi connectivity index (χ4v) is 2.07. The van der Waals surface area contributed by atoms with Gasteiger partial charge in [-0.05, 0) is 43.4 Å². The molecule has 0 radical (unpaired) electrons. The van der Waals surface area contributed by atoms with Crippen LogP contribution in [0.25, 0.3) is 0 Å². The average molecular weight is 193 g/mol. The number of anilines is 1. The summed E-state index contributed by atoms with van der Waals surface area (Å²) in [6.07, 6.45) is 2.48. The molecule has 1 heterocycles. The summed E-state index contributed by atoms with van der Waals surface area (Å²) in [4.78, 5) is 0. The van der Waals surface area contributed by atoms with Gasteiger partial charge in [-0.2, -0.15) is 0 Å². The largest absolute Gasteiger partial charge is 0.385 e. The molecule has 76 valence electrons. The van der Waals surface area contributed by atoms with Crippen molar-refractivity contribution in [2.45, 2.75) is 32.4 Å². The second-order valence-corrected chi connectivity index (χ2v) is 3.87. The van der Waals surface area contributed by atoms with E-state index in [1.165, 1.54) is 12.0 Å². The maximum atomic E-state index is 13.3. The van der Waals surface area contributed by atoms with E-state index in [-0.39, 0.29) is 0 Å². The van der Waals surface area contributed by atoms with Crippen molar-refractivity contribution >= 4 is 5.69 Å². The summed E-state index contributed by atoms with van der Waals surface area (Å²) in [5, 5.41) is 3.35. The van der Waals surface area contributed by atoms with Gasteiger partial charge in [0.25, 0.3) is 0 Å². The maximum Gasteiger partial charge on any atom is 0.123 e. The average Bonchev–Trinajstić information content (AvgIpc) is 2.41. The summed E-state index contributed by atoms with van der Waals surface area (Å²) in [5.41, 5.74) is 3.17. The zero-order valence-electron chi connectivity index (χ0n) is 8.52. The van der Waals surface area contributed by atoms with Gasteiger partial charge in [0.2, 0.25) is 0 Å². The van der Waals surface area contributed by atoms with E-state index >= 15 is 0 Å². The van der Waals surface area contributed by atoms with Crippen LogP contribution < -0.4 is 5.32 Å². The van der Waals surface area contributed by atoms with Crippen molar-refractivity contribution in [2.75, 3.05) is 11.9 Å². The first-order chi connectivity index (χ1) is 6.79. The molecule has 0 amide bonds. The van der Waals surface area contributed by atoms with Gasteiger partial charge in [-0.25, -0.2) is 4.39 Å². The molecule has 1 N–H and O–H groups in total. The standard InChI is InChI=1S/C12H16FN/c1-9(13)10-6-4-7-12-11(10)5-2-3-8-14-12/h4,6-7,9,14H,2-3,5,8H2,1H3. The molecule has 0 fully saturated rings. The van der Waals surface area contributed by atoms with Crippen molar-refractivity contribution < 1.29 is 4.39 Å². The summed E-state index contributed by atoms with van der Waals surface area (Å²) in [6.45, 7) is 2.62. The Labute approximate surface area is 84.3 Å². The molecule has 0 aliphatic carbocycles. The topological polar surface area (TPSA) is 12.0 Å². The molecule has 0 aromatic heterocycles. The Morgan fingerprint density at radius 3 is 3.00 bits per heavy atom. The third-order valence-electron chi connectivity index (χ3n) is 2.81. The number of alkyl halides is 1. The molecule has 1 aromatic carbocycles. The minimum Gasteiger partial charge on any atom is -0.385 e. The molecule has 14 heavy (non-hydrogen) atoms. The Morgan fingerprint density at radius 2 is 2.21 bits per heavy atom. The summed E-state index contributed by atoms with van der Waals surface area (Å²) in [6, 6.07) is 5.88. The van der Waals surface area contributed by atoms with Gasteiger partial charge in [0, 0.05) is 12.2 Å². The Morgan fingerprint density at radius 1 is 1.36 bits per heavy atom. The second-order valence-electron chi connectivity index (χ2n) is 3.87. The van der Waals surface area contributed by atoms with E-state index in [1.54, 1.807) is 6.92 Å². The van der Waals surface area contributed by atoms with Crippen molar-refractivity contribution in [3.8, 4) is 0 Å². The SMILES string of the molecule is CC(F)c1cccc2c1CCCCN2. The Bertz CT molecular complexity index is 320.